The summed E-state index contributed by atoms with van der Waals surface area (Å²) in [6, 6.07) is 1.86. The zero-order valence-electron chi connectivity index (χ0n) is 11.5. The van der Waals surface area contributed by atoms with Gasteiger partial charge >= 0.3 is 0 Å². The SMILES string of the molecule is CC1CCN(C(=O)c2cc3c(nc4sccn43)s2)C1CO. The third-order valence-electron chi connectivity index (χ3n) is 4.28. The van der Waals surface area contributed by atoms with E-state index >= 15 is 0 Å². The Morgan fingerprint density at radius 2 is 2.43 bits per heavy atom. The van der Waals surface area contributed by atoms with Crippen LogP contribution in [-0.4, -0.2) is 44.5 Å². The first-order valence-corrected chi connectivity index (χ1v) is 8.65. The second-order valence-electron chi connectivity index (χ2n) is 5.48. The van der Waals surface area contributed by atoms with E-state index < -0.39 is 0 Å². The Morgan fingerprint density at radius 1 is 1.57 bits per heavy atom. The van der Waals surface area contributed by atoms with Crippen molar-refractivity contribution in [2.75, 3.05) is 13.2 Å². The number of fused-ring (bicyclic) bond motifs is 3. The van der Waals surface area contributed by atoms with Crippen LogP contribution in [-0.2, 0) is 0 Å². The van der Waals surface area contributed by atoms with E-state index in [1.54, 1.807) is 11.3 Å². The average molecular weight is 321 g/mol. The predicted molar refractivity (Wildman–Crippen MR) is 84.1 cm³/mol. The first kappa shape index (κ1) is 13.2. The van der Waals surface area contributed by atoms with Crippen molar-refractivity contribution in [1.82, 2.24) is 14.3 Å². The molecule has 1 saturated heterocycles. The monoisotopic (exact) mass is 321 g/mol. The maximum Gasteiger partial charge on any atom is 0.264 e. The lowest BCUT2D eigenvalue weighted by Gasteiger charge is -2.24. The molecule has 3 aromatic heterocycles. The molecule has 1 fully saturated rings. The normalized spacial score (nSPS) is 22.7. The number of imidazole rings is 1. The van der Waals surface area contributed by atoms with Crippen molar-refractivity contribution in [2.45, 2.75) is 19.4 Å². The van der Waals surface area contributed by atoms with Crippen LogP contribution >= 0.6 is 22.7 Å². The van der Waals surface area contributed by atoms with Gasteiger partial charge in [-0.1, -0.05) is 6.92 Å². The van der Waals surface area contributed by atoms with Gasteiger partial charge in [-0.05, 0) is 18.4 Å². The van der Waals surface area contributed by atoms with Gasteiger partial charge in [0.1, 0.15) is 4.83 Å². The molecule has 0 radical (unpaired) electrons. The number of aromatic nitrogens is 2. The number of aliphatic hydroxyl groups excluding tert-OH is 1. The Hall–Kier alpha value is -1.44. The van der Waals surface area contributed by atoms with Gasteiger partial charge in [-0.3, -0.25) is 9.20 Å². The molecular weight excluding hydrogens is 306 g/mol. The van der Waals surface area contributed by atoms with Gasteiger partial charge in [0, 0.05) is 18.1 Å². The third kappa shape index (κ3) is 1.91. The molecule has 110 valence electrons. The molecule has 0 saturated carbocycles. The van der Waals surface area contributed by atoms with E-state index in [0.29, 0.717) is 10.8 Å². The Kier molecular flexibility index (Phi) is 3.02. The lowest BCUT2D eigenvalue weighted by atomic mass is 10.0. The molecule has 5 nitrogen and oxygen atoms in total. The van der Waals surface area contributed by atoms with E-state index in [9.17, 15) is 9.90 Å². The fourth-order valence-electron chi connectivity index (χ4n) is 3.03. The minimum Gasteiger partial charge on any atom is -0.394 e. The number of rotatable bonds is 2. The summed E-state index contributed by atoms with van der Waals surface area (Å²) in [4.78, 5) is 21.6. The third-order valence-corrected chi connectivity index (χ3v) is 6.04. The summed E-state index contributed by atoms with van der Waals surface area (Å²) >= 11 is 3.03. The summed E-state index contributed by atoms with van der Waals surface area (Å²) in [7, 11) is 0. The van der Waals surface area contributed by atoms with Crippen LogP contribution in [0, 0.1) is 5.92 Å². The molecule has 1 N–H and O–H groups in total. The number of thiophene rings is 1. The highest BCUT2D eigenvalue weighted by atomic mass is 32.1. The van der Waals surface area contributed by atoms with Crippen LogP contribution in [0.15, 0.2) is 17.6 Å². The molecule has 0 aromatic carbocycles. The van der Waals surface area contributed by atoms with Crippen LogP contribution in [0.3, 0.4) is 0 Å². The molecule has 21 heavy (non-hydrogen) atoms. The summed E-state index contributed by atoms with van der Waals surface area (Å²) in [6.07, 6.45) is 2.93. The number of thiazole rings is 1. The minimum absolute atomic E-state index is 0.0189. The fraction of sp³-hybridized carbons (Fsp3) is 0.429. The van der Waals surface area contributed by atoms with Crippen molar-refractivity contribution >= 4 is 43.9 Å². The molecule has 7 heteroatoms. The van der Waals surface area contributed by atoms with Crippen LogP contribution < -0.4 is 0 Å². The van der Waals surface area contributed by atoms with E-state index in [4.69, 9.17) is 0 Å². The topological polar surface area (TPSA) is 57.8 Å². The van der Waals surface area contributed by atoms with Gasteiger partial charge in [0.15, 0.2) is 4.96 Å². The molecule has 4 heterocycles. The quantitative estimate of drug-likeness (QED) is 0.789. The molecule has 1 amide bonds. The standard InChI is InChI=1S/C14H15N3O2S2/c1-8-2-3-16(10(8)7-18)13(19)11-6-9-12(21-11)15-14-17(9)4-5-20-14/h4-6,8,10,18H,2-3,7H2,1H3. The second-order valence-corrected chi connectivity index (χ2v) is 7.39. The Balaban J connectivity index is 1.72. The molecule has 0 bridgehead atoms. The van der Waals surface area contributed by atoms with Crippen LogP contribution in [0.1, 0.15) is 23.0 Å². The number of amides is 1. The largest absolute Gasteiger partial charge is 0.394 e. The van der Waals surface area contributed by atoms with E-state index in [-0.39, 0.29) is 18.6 Å². The van der Waals surface area contributed by atoms with Crippen LogP contribution in [0.25, 0.3) is 15.3 Å². The Morgan fingerprint density at radius 3 is 3.24 bits per heavy atom. The predicted octanol–water partition coefficient (Wildman–Crippen LogP) is 2.45. The molecule has 0 spiro atoms. The summed E-state index contributed by atoms with van der Waals surface area (Å²) in [6.45, 7) is 2.85. The summed E-state index contributed by atoms with van der Waals surface area (Å²) in [5.74, 6) is 0.374. The van der Waals surface area contributed by atoms with Crippen molar-refractivity contribution in [3.63, 3.8) is 0 Å². The van der Waals surface area contributed by atoms with Gasteiger partial charge < -0.3 is 10.0 Å². The zero-order chi connectivity index (χ0) is 14.6. The second kappa shape index (κ2) is 4.79. The zero-order valence-corrected chi connectivity index (χ0v) is 13.2. The van der Waals surface area contributed by atoms with Crippen LogP contribution in [0.4, 0.5) is 0 Å². The molecule has 2 atom stereocenters. The Labute approximate surface area is 129 Å². The lowest BCUT2D eigenvalue weighted by molar-refractivity contribution is 0.0653. The van der Waals surface area contributed by atoms with E-state index in [1.165, 1.54) is 11.3 Å². The van der Waals surface area contributed by atoms with Crippen molar-refractivity contribution in [3.8, 4) is 0 Å². The fourth-order valence-corrected chi connectivity index (χ4v) is 4.79. The highest BCUT2D eigenvalue weighted by Crippen LogP contribution is 2.31. The van der Waals surface area contributed by atoms with Crippen molar-refractivity contribution in [3.05, 3.63) is 22.5 Å². The number of aliphatic hydroxyl groups is 1. The molecule has 1 aliphatic heterocycles. The van der Waals surface area contributed by atoms with Crippen molar-refractivity contribution in [1.29, 1.82) is 0 Å². The molecule has 3 aromatic rings. The first-order valence-electron chi connectivity index (χ1n) is 6.96. The van der Waals surface area contributed by atoms with Gasteiger partial charge in [0.25, 0.3) is 5.91 Å². The maximum absolute atomic E-state index is 12.7. The molecule has 0 aliphatic carbocycles. The van der Waals surface area contributed by atoms with Gasteiger partial charge in [-0.25, -0.2) is 4.98 Å². The van der Waals surface area contributed by atoms with Gasteiger partial charge in [-0.15, -0.1) is 22.7 Å². The number of hydrogen-bond acceptors (Lipinski definition) is 5. The maximum atomic E-state index is 12.7. The smallest absolute Gasteiger partial charge is 0.264 e. The van der Waals surface area contributed by atoms with Crippen molar-refractivity contribution < 1.29 is 9.90 Å². The summed E-state index contributed by atoms with van der Waals surface area (Å²) in [5.41, 5.74) is 0.993. The average Bonchev–Trinajstić information content (AvgIpc) is 3.17. The summed E-state index contributed by atoms with van der Waals surface area (Å²) < 4.78 is 2.02. The van der Waals surface area contributed by atoms with Crippen LogP contribution in [0.5, 0.6) is 0 Å². The van der Waals surface area contributed by atoms with Crippen LogP contribution in [0.2, 0.25) is 0 Å². The van der Waals surface area contributed by atoms with E-state index in [2.05, 4.69) is 11.9 Å². The van der Waals surface area contributed by atoms with Gasteiger partial charge in [0.05, 0.1) is 23.0 Å². The van der Waals surface area contributed by atoms with Crippen molar-refractivity contribution in [2.24, 2.45) is 5.92 Å². The van der Waals surface area contributed by atoms with Gasteiger partial charge in [0.2, 0.25) is 0 Å². The van der Waals surface area contributed by atoms with Gasteiger partial charge in [-0.2, -0.15) is 0 Å². The molecular formula is C14H15N3O2S2. The highest BCUT2D eigenvalue weighted by Gasteiger charge is 2.35. The number of carbonyl (C=O) groups is 1. The molecule has 1 aliphatic rings. The minimum atomic E-state index is -0.0595. The number of hydrogen-bond donors (Lipinski definition) is 1. The number of likely N-dealkylation sites (tertiary alicyclic amines) is 1. The number of nitrogens with zero attached hydrogens (tertiary/aromatic N) is 3. The first-order chi connectivity index (χ1) is 10.2. The van der Waals surface area contributed by atoms with E-state index in [0.717, 1.165) is 28.3 Å². The van der Waals surface area contributed by atoms with E-state index in [1.807, 2.05) is 26.9 Å². The summed E-state index contributed by atoms with van der Waals surface area (Å²) in [5, 5.41) is 11.5. The molecule has 4 rings (SSSR count). The lowest BCUT2D eigenvalue weighted by Crippen LogP contribution is -2.39. The highest BCUT2D eigenvalue weighted by molar-refractivity contribution is 7.21. The Bertz CT molecular complexity index is 819. The molecule has 2 unspecified atom stereocenters. The number of carbonyl (C=O) groups excluding carboxylic acids is 1.